The van der Waals surface area contributed by atoms with Gasteiger partial charge in [0.05, 0.1) is 5.56 Å². The molecule has 4 rings (SSSR count). The first-order valence-corrected chi connectivity index (χ1v) is 9.73. The Morgan fingerprint density at radius 3 is 2.56 bits per heavy atom. The number of nitrogens with zero attached hydrogens (tertiary/aromatic N) is 2. The van der Waals surface area contributed by atoms with Crippen LogP contribution in [-0.2, 0) is 0 Å². The van der Waals surface area contributed by atoms with Crippen LogP contribution in [-0.4, -0.2) is 52.5 Å². The van der Waals surface area contributed by atoms with Crippen LogP contribution < -0.4 is 4.74 Å². The Bertz CT molecular complexity index is 802. The fraction of sp³-hybridized carbons (Fsp3) is 0.409. The van der Waals surface area contributed by atoms with Gasteiger partial charge in [0.1, 0.15) is 17.2 Å². The molecule has 0 bridgehead atoms. The van der Waals surface area contributed by atoms with E-state index < -0.39 is 0 Å². The van der Waals surface area contributed by atoms with Crippen LogP contribution in [0.1, 0.15) is 36.5 Å². The van der Waals surface area contributed by atoms with E-state index in [0.717, 1.165) is 26.1 Å². The molecule has 27 heavy (non-hydrogen) atoms. The second kappa shape index (κ2) is 7.61. The average molecular weight is 366 g/mol. The van der Waals surface area contributed by atoms with Gasteiger partial charge in [0.2, 0.25) is 0 Å². The van der Waals surface area contributed by atoms with Gasteiger partial charge in [0.25, 0.3) is 5.91 Å². The van der Waals surface area contributed by atoms with Gasteiger partial charge >= 0.3 is 0 Å². The van der Waals surface area contributed by atoms with Gasteiger partial charge in [0, 0.05) is 18.6 Å². The van der Waals surface area contributed by atoms with Gasteiger partial charge in [-0.25, -0.2) is 0 Å². The number of phenolic OH excluding ortho intramolecular Hbond substituents is 1. The number of benzene rings is 2. The number of carbonyl (C=O) groups excluding carboxylic acids is 1. The maximum atomic E-state index is 13.1. The Morgan fingerprint density at radius 1 is 1.07 bits per heavy atom. The van der Waals surface area contributed by atoms with Crippen LogP contribution in [0.25, 0.3) is 0 Å². The van der Waals surface area contributed by atoms with E-state index >= 15 is 0 Å². The Morgan fingerprint density at radius 2 is 1.81 bits per heavy atom. The first-order valence-electron chi connectivity index (χ1n) is 9.73. The number of hydrogen-bond donors (Lipinski definition) is 1. The van der Waals surface area contributed by atoms with Crippen LogP contribution in [0.15, 0.2) is 48.5 Å². The molecule has 2 aliphatic heterocycles. The lowest BCUT2D eigenvalue weighted by Crippen LogP contribution is -2.38. The highest BCUT2D eigenvalue weighted by Gasteiger charge is 2.37. The van der Waals surface area contributed by atoms with Gasteiger partial charge in [-0.2, -0.15) is 0 Å². The van der Waals surface area contributed by atoms with Crippen molar-refractivity contribution in [3.8, 4) is 17.2 Å². The van der Waals surface area contributed by atoms with E-state index in [1.54, 1.807) is 12.1 Å². The SMILES string of the molecule is CC1CC(N2CCCC2)CN1C(=O)c1cc(Oc2ccccc2)ccc1O. The number of amides is 1. The number of ether oxygens (including phenoxy) is 1. The predicted octanol–water partition coefficient (Wildman–Crippen LogP) is 3.88. The lowest BCUT2D eigenvalue weighted by Gasteiger charge is -2.24. The fourth-order valence-corrected chi connectivity index (χ4v) is 4.19. The number of hydrogen-bond acceptors (Lipinski definition) is 4. The summed E-state index contributed by atoms with van der Waals surface area (Å²) in [7, 11) is 0. The zero-order valence-corrected chi connectivity index (χ0v) is 15.7. The van der Waals surface area contributed by atoms with Crippen molar-refractivity contribution in [3.63, 3.8) is 0 Å². The van der Waals surface area contributed by atoms with Crippen molar-refractivity contribution in [2.75, 3.05) is 19.6 Å². The molecule has 5 heteroatoms. The molecule has 1 N–H and O–H groups in total. The molecule has 0 aliphatic carbocycles. The molecule has 0 saturated carbocycles. The van der Waals surface area contributed by atoms with E-state index in [9.17, 15) is 9.90 Å². The highest BCUT2D eigenvalue weighted by Crippen LogP contribution is 2.31. The average Bonchev–Trinajstić information content (AvgIpc) is 3.33. The smallest absolute Gasteiger partial charge is 0.258 e. The summed E-state index contributed by atoms with van der Waals surface area (Å²) in [6, 6.07) is 14.9. The molecule has 2 heterocycles. The van der Waals surface area contributed by atoms with Crippen molar-refractivity contribution in [2.24, 2.45) is 0 Å². The molecule has 0 radical (unpaired) electrons. The number of phenols is 1. The van der Waals surface area contributed by atoms with Crippen molar-refractivity contribution < 1.29 is 14.6 Å². The zero-order valence-electron chi connectivity index (χ0n) is 15.7. The Kier molecular flexibility index (Phi) is 5.03. The highest BCUT2D eigenvalue weighted by molar-refractivity contribution is 5.97. The van der Waals surface area contributed by atoms with Crippen molar-refractivity contribution in [3.05, 3.63) is 54.1 Å². The van der Waals surface area contributed by atoms with E-state index in [0.29, 0.717) is 23.1 Å². The van der Waals surface area contributed by atoms with E-state index in [4.69, 9.17) is 4.74 Å². The molecule has 5 nitrogen and oxygen atoms in total. The second-order valence-corrected chi connectivity index (χ2v) is 7.53. The molecule has 0 spiro atoms. The van der Waals surface area contributed by atoms with Gasteiger partial charge in [-0.05, 0) is 69.6 Å². The summed E-state index contributed by atoms with van der Waals surface area (Å²) in [4.78, 5) is 17.5. The van der Waals surface area contributed by atoms with Crippen LogP contribution >= 0.6 is 0 Å². The number of carbonyl (C=O) groups is 1. The number of para-hydroxylation sites is 1. The van der Waals surface area contributed by atoms with Crippen LogP contribution in [0.4, 0.5) is 0 Å². The summed E-state index contributed by atoms with van der Waals surface area (Å²) in [6.07, 6.45) is 3.49. The molecule has 142 valence electrons. The molecule has 2 aromatic rings. The molecular formula is C22H26N2O3. The molecule has 2 fully saturated rings. The van der Waals surface area contributed by atoms with E-state index in [2.05, 4.69) is 11.8 Å². The Hall–Kier alpha value is -2.53. The third-order valence-electron chi connectivity index (χ3n) is 5.65. The largest absolute Gasteiger partial charge is 0.507 e. The van der Waals surface area contributed by atoms with Crippen LogP contribution in [0.5, 0.6) is 17.2 Å². The molecule has 2 aliphatic rings. The van der Waals surface area contributed by atoms with Crippen LogP contribution in [0.3, 0.4) is 0 Å². The number of likely N-dealkylation sites (tertiary alicyclic amines) is 2. The highest BCUT2D eigenvalue weighted by atomic mass is 16.5. The van der Waals surface area contributed by atoms with E-state index in [1.807, 2.05) is 35.2 Å². The van der Waals surface area contributed by atoms with Crippen LogP contribution in [0.2, 0.25) is 0 Å². The van der Waals surface area contributed by atoms with Gasteiger partial charge in [-0.3, -0.25) is 9.69 Å². The van der Waals surface area contributed by atoms with Crippen molar-refractivity contribution >= 4 is 5.91 Å². The summed E-state index contributed by atoms with van der Waals surface area (Å²) in [5, 5.41) is 10.3. The van der Waals surface area contributed by atoms with Crippen LogP contribution in [0, 0.1) is 0 Å². The molecule has 2 aromatic carbocycles. The first-order chi connectivity index (χ1) is 13.1. The lowest BCUT2D eigenvalue weighted by molar-refractivity contribution is 0.0734. The summed E-state index contributed by atoms with van der Waals surface area (Å²) >= 11 is 0. The maximum absolute atomic E-state index is 13.1. The molecule has 0 aromatic heterocycles. The first kappa shape index (κ1) is 17.9. The van der Waals surface area contributed by atoms with Crippen molar-refractivity contribution in [1.82, 2.24) is 9.80 Å². The van der Waals surface area contributed by atoms with Gasteiger partial charge in [-0.15, -0.1) is 0 Å². The van der Waals surface area contributed by atoms with Gasteiger partial charge in [0.15, 0.2) is 0 Å². The fourth-order valence-electron chi connectivity index (χ4n) is 4.19. The van der Waals surface area contributed by atoms with Gasteiger partial charge in [-0.1, -0.05) is 18.2 Å². The minimum Gasteiger partial charge on any atom is -0.507 e. The van der Waals surface area contributed by atoms with Crippen molar-refractivity contribution in [2.45, 2.75) is 38.3 Å². The standard InChI is InChI=1S/C22H26N2O3/c1-16-13-17(23-11-5-6-12-23)15-24(16)22(26)20-14-19(9-10-21(20)25)27-18-7-3-2-4-8-18/h2-4,7-10,14,16-17,25H,5-6,11-13,15H2,1H3. The summed E-state index contributed by atoms with van der Waals surface area (Å²) in [5.74, 6) is 1.12. The van der Waals surface area contributed by atoms with E-state index in [-0.39, 0.29) is 17.7 Å². The molecule has 2 atom stereocenters. The molecular weight excluding hydrogens is 340 g/mol. The topological polar surface area (TPSA) is 53.0 Å². The third-order valence-corrected chi connectivity index (χ3v) is 5.65. The minimum absolute atomic E-state index is 0.00256. The molecule has 2 unspecified atom stereocenters. The Balaban J connectivity index is 1.51. The quantitative estimate of drug-likeness (QED) is 0.892. The number of rotatable bonds is 4. The monoisotopic (exact) mass is 366 g/mol. The van der Waals surface area contributed by atoms with E-state index in [1.165, 1.54) is 18.9 Å². The van der Waals surface area contributed by atoms with Crippen molar-refractivity contribution in [1.29, 1.82) is 0 Å². The van der Waals surface area contributed by atoms with Gasteiger partial charge < -0.3 is 14.7 Å². The molecule has 1 amide bonds. The second-order valence-electron chi connectivity index (χ2n) is 7.53. The summed E-state index contributed by atoms with van der Waals surface area (Å²) in [6.45, 7) is 5.08. The zero-order chi connectivity index (χ0) is 18.8. The lowest BCUT2D eigenvalue weighted by atomic mass is 10.1. The number of aromatic hydroxyl groups is 1. The molecule has 2 saturated heterocycles. The minimum atomic E-state index is -0.125. The third kappa shape index (κ3) is 3.78. The summed E-state index contributed by atoms with van der Waals surface area (Å²) < 4.78 is 5.83. The normalized spacial score (nSPS) is 22.9. The maximum Gasteiger partial charge on any atom is 0.258 e. The predicted molar refractivity (Wildman–Crippen MR) is 104 cm³/mol. The summed E-state index contributed by atoms with van der Waals surface area (Å²) in [5.41, 5.74) is 0.303. The Labute approximate surface area is 160 Å².